The molecule has 0 aromatic carbocycles. The predicted octanol–water partition coefficient (Wildman–Crippen LogP) is 6.03. The third-order valence-electron chi connectivity index (χ3n) is 7.52. The number of fused-ring (bicyclic) bond motifs is 3. The molecule has 2 atom stereocenters. The summed E-state index contributed by atoms with van der Waals surface area (Å²) in [6, 6.07) is 0. The van der Waals surface area contributed by atoms with Crippen molar-refractivity contribution >= 4 is 0 Å². The van der Waals surface area contributed by atoms with E-state index in [0.717, 1.165) is 12.8 Å². The van der Waals surface area contributed by atoms with Crippen LogP contribution >= 0.6 is 0 Å². The minimum Gasteiger partial charge on any atom is -0.305 e. The average molecular weight is 465 g/mol. The zero-order valence-electron chi connectivity index (χ0n) is 21.9. The molecule has 0 fully saturated rings. The second kappa shape index (κ2) is 17.7. The van der Waals surface area contributed by atoms with Crippen molar-refractivity contribution in [3.05, 3.63) is 72.2 Å². The molecule has 0 saturated heterocycles. The molecule has 2 unspecified atom stereocenters. The van der Waals surface area contributed by atoms with E-state index in [4.69, 9.17) is 0 Å². The fourth-order valence-electron chi connectivity index (χ4n) is 5.41. The van der Waals surface area contributed by atoms with Crippen LogP contribution in [0.2, 0.25) is 0 Å². The Balaban J connectivity index is 1.39. The third-order valence-corrected chi connectivity index (χ3v) is 7.52. The van der Waals surface area contributed by atoms with Crippen molar-refractivity contribution in [1.82, 2.24) is 0 Å². The second-order valence-corrected chi connectivity index (χ2v) is 10.7. The van der Waals surface area contributed by atoms with Crippen LogP contribution in [0.4, 0.5) is 0 Å². The van der Waals surface area contributed by atoms with E-state index in [-0.39, 0.29) is 0 Å². The monoisotopic (exact) mass is 464 g/mol. The van der Waals surface area contributed by atoms with Crippen LogP contribution in [0.15, 0.2) is 72.2 Å². The third kappa shape index (κ3) is 12.2. The summed E-state index contributed by atoms with van der Waals surface area (Å²) in [6.45, 7) is 4.97. The minimum atomic E-state index is 1.11. The van der Waals surface area contributed by atoms with Gasteiger partial charge in [-0.3, -0.25) is 0 Å². The molecule has 2 heteroatoms. The summed E-state index contributed by atoms with van der Waals surface area (Å²) in [5.74, 6) is 0. The van der Waals surface area contributed by atoms with Gasteiger partial charge in [-0.25, -0.2) is 0 Å². The van der Waals surface area contributed by atoms with Gasteiger partial charge >= 0.3 is 0 Å². The van der Waals surface area contributed by atoms with E-state index < -0.39 is 0 Å². The fourth-order valence-corrected chi connectivity index (χ4v) is 5.41. The molecule has 188 valence electrons. The van der Waals surface area contributed by atoms with Gasteiger partial charge in [0.2, 0.25) is 0 Å². The molecule has 0 spiro atoms. The molecule has 3 rings (SSSR count). The van der Waals surface area contributed by atoms with Gasteiger partial charge in [-0.05, 0) is 81.9 Å². The van der Waals surface area contributed by atoms with Gasteiger partial charge in [0.05, 0.1) is 25.5 Å². The summed E-state index contributed by atoms with van der Waals surface area (Å²) in [6.07, 6.45) is 45.3. The van der Waals surface area contributed by atoms with Crippen LogP contribution in [0, 0.1) is 0 Å². The maximum absolute atomic E-state index is 2.49. The Morgan fingerprint density at radius 3 is 1.91 bits per heavy atom. The first kappa shape index (κ1) is 27.0. The van der Waals surface area contributed by atoms with Crippen LogP contribution in [-0.2, 0) is 0 Å². The highest BCUT2D eigenvalue weighted by Crippen LogP contribution is 2.11. The number of allylic oxidation sites excluding steroid dienone is 8. The predicted molar refractivity (Wildman–Crippen MR) is 148 cm³/mol. The summed E-state index contributed by atoms with van der Waals surface area (Å²) in [5, 5.41) is 0. The van der Waals surface area contributed by atoms with E-state index in [2.05, 4.69) is 61.0 Å². The summed E-state index contributed by atoms with van der Waals surface area (Å²) in [5.41, 5.74) is 3.11. The summed E-state index contributed by atoms with van der Waals surface area (Å²) >= 11 is 0. The molecule has 3 aliphatic rings. The molecular weight excluding hydrogens is 412 g/mol. The summed E-state index contributed by atoms with van der Waals surface area (Å²) < 4.78 is 0. The highest BCUT2D eigenvalue weighted by Gasteiger charge is 2.11. The second-order valence-electron chi connectivity index (χ2n) is 10.7. The molecule has 0 radical (unpaired) electrons. The van der Waals surface area contributed by atoms with Crippen molar-refractivity contribution in [3.63, 3.8) is 0 Å². The lowest BCUT2D eigenvalue weighted by atomic mass is 10.1. The maximum Gasteiger partial charge on any atom is 0.104 e. The van der Waals surface area contributed by atoms with Crippen molar-refractivity contribution in [2.75, 3.05) is 26.2 Å². The highest BCUT2D eigenvalue weighted by atomic mass is 15.1. The lowest BCUT2D eigenvalue weighted by Crippen LogP contribution is -3.08. The smallest absolute Gasteiger partial charge is 0.104 e. The molecule has 0 aliphatic carbocycles. The van der Waals surface area contributed by atoms with Gasteiger partial charge in [0, 0.05) is 5.57 Å². The molecule has 3 aliphatic heterocycles. The van der Waals surface area contributed by atoms with Crippen LogP contribution in [0.5, 0.6) is 0 Å². The van der Waals surface area contributed by atoms with E-state index >= 15 is 0 Å². The standard InChI is InChI=1S/C32H50N2/c1-3-7-11-15-21-31-23-19-28-34(29-31)26-18-14-10-6-2-4-8-12-16-22-32-24-20-27-33(30-32)25-17-13-9-5-1/h11-12,15-16,19-20,23-24,27,29H,1-10,13-14,17-18,21-22,25-26,28,30H2/p+2. The molecule has 2 nitrogen and oxygen atoms in total. The van der Waals surface area contributed by atoms with Gasteiger partial charge in [-0.2, -0.15) is 0 Å². The van der Waals surface area contributed by atoms with Crippen LogP contribution in [0.1, 0.15) is 103 Å². The lowest BCUT2D eigenvalue weighted by Gasteiger charge is -2.19. The van der Waals surface area contributed by atoms with E-state index in [1.54, 1.807) is 15.4 Å². The summed E-state index contributed by atoms with van der Waals surface area (Å²) in [7, 11) is 0. The number of hydrogen-bond acceptors (Lipinski definition) is 0. The maximum atomic E-state index is 2.49. The van der Waals surface area contributed by atoms with E-state index in [9.17, 15) is 0 Å². The van der Waals surface area contributed by atoms with Crippen molar-refractivity contribution in [2.45, 2.75) is 103 Å². The number of hydrogen-bond donors (Lipinski definition) is 2. The van der Waals surface area contributed by atoms with Crippen molar-refractivity contribution in [3.8, 4) is 0 Å². The van der Waals surface area contributed by atoms with Gasteiger partial charge in [0.15, 0.2) is 0 Å². The first-order valence-corrected chi connectivity index (χ1v) is 14.6. The van der Waals surface area contributed by atoms with Crippen LogP contribution in [0.25, 0.3) is 0 Å². The van der Waals surface area contributed by atoms with E-state index in [1.165, 1.54) is 122 Å². The molecule has 2 N–H and O–H groups in total. The van der Waals surface area contributed by atoms with Gasteiger partial charge in [-0.15, -0.1) is 0 Å². The van der Waals surface area contributed by atoms with Crippen LogP contribution < -0.4 is 9.80 Å². The Kier molecular flexibility index (Phi) is 14.1. The van der Waals surface area contributed by atoms with E-state index in [1.807, 2.05) is 0 Å². The van der Waals surface area contributed by atoms with Gasteiger partial charge in [-0.1, -0.05) is 75.0 Å². The van der Waals surface area contributed by atoms with Crippen LogP contribution in [-0.4, -0.2) is 26.2 Å². The molecule has 4 bridgehead atoms. The topological polar surface area (TPSA) is 8.88 Å². The van der Waals surface area contributed by atoms with Crippen molar-refractivity contribution in [1.29, 1.82) is 0 Å². The quantitative estimate of drug-likeness (QED) is 0.405. The van der Waals surface area contributed by atoms with Crippen molar-refractivity contribution in [2.24, 2.45) is 0 Å². The molecule has 3 heterocycles. The largest absolute Gasteiger partial charge is 0.305 e. The zero-order valence-corrected chi connectivity index (χ0v) is 21.9. The Labute approximate surface area is 210 Å². The number of quaternary nitrogens is 2. The Morgan fingerprint density at radius 2 is 1.18 bits per heavy atom. The molecule has 0 aromatic heterocycles. The number of rotatable bonds is 0. The van der Waals surface area contributed by atoms with Crippen molar-refractivity contribution < 1.29 is 9.80 Å². The van der Waals surface area contributed by atoms with Gasteiger partial charge in [0.25, 0.3) is 0 Å². The number of nitrogens with one attached hydrogen (secondary N) is 2. The average Bonchev–Trinajstić information content (AvgIpc) is 2.86. The zero-order chi connectivity index (χ0) is 23.5. The highest BCUT2D eigenvalue weighted by molar-refractivity contribution is 5.21. The lowest BCUT2D eigenvalue weighted by molar-refractivity contribution is -0.842. The first-order chi connectivity index (χ1) is 16.9. The Bertz CT molecular complexity index is 721. The molecular formula is C32H52N2+2. The molecule has 0 amide bonds. The molecule has 0 aromatic rings. The molecule has 34 heavy (non-hydrogen) atoms. The SMILES string of the molecule is C1=C[NH+]2CCCCCCCCC=CCC3=C[NH+](CC=C3)CCCCCCCCC=CCC(=C1)C2. The fraction of sp³-hybridized carbons (Fsp3) is 0.625. The molecule has 0 saturated carbocycles. The van der Waals surface area contributed by atoms with Gasteiger partial charge in [0.1, 0.15) is 13.1 Å². The van der Waals surface area contributed by atoms with Crippen LogP contribution in [0.3, 0.4) is 0 Å². The van der Waals surface area contributed by atoms with E-state index in [0.29, 0.717) is 0 Å². The Hall–Kier alpha value is -1.64. The van der Waals surface area contributed by atoms with Gasteiger partial charge < -0.3 is 9.80 Å². The normalized spacial score (nSPS) is 27.3. The minimum absolute atomic E-state index is 1.11. The summed E-state index contributed by atoms with van der Waals surface area (Å²) in [4.78, 5) is 3.30. The first-order valence-electron chi connectivity index (χ1n) is 14.6. The Morgan fingerprint density at radius 1 is 0.559 bits per heavy atom.